The number of thiazole rings is 1. The summed E-state index contributed by atoms with van der Waals surface area (Å²) in [4.78, 5) is 16.2. The third-order valence-electron chi connectivity index (χ3n) is 3.44. The molecule has 0 aliphatic carbocycles. The van der Waals surface area contributed by atoms with Crippen LogP contribution in [0.15, 0.2) is 71.7 Å². The fourth-order valence-electron chi connectivity index (χ4n) is 2.20. The number of ether oxygens (including phenoxy) is 1. The SMILES string of the molecule is N#CC(=Cc1cccc(OCc2ccccc2)c1)C(=O)Nc1nccs1. The van der Waals surface area contributed by atoms with Gasteiger partial charge in [0, 0.05) is 11.6 Å². The number of carbonyl (C=O) groups excluding carboxylic acids is 1. The van der Waals surface area contributed by atoms with Gasteiger partial charge in [-0.3, -0.25) is 10.1 Å². The van der Waals surface area contributed by atoms with E-state index in [1.807, 2.05) is 54.6 Å². The molecule has 1 amide bonds. The van der Waals surface area contributed by atoms with Gasteiger partial charge in [-0.1, -0.05) is 42.5 Å². The van der Waals surface area contributed by atoms with Gasteiger partial charge in [-0.25, -0.2) is 4.98 Å². The number of nitrogens with one attached hydrogen (secondary N) is 1. The van der Waals surface area contributed by atoms with E-state index in [9.17, 15) is 10.1 Å². The summed E-state index contributed by atoms with van der Waals surface area (Å²) in [6.07, 6.45) is 3.11. The third kappa shape index (κ3) is 4.79. The van der Waals surface area contributed by atoms with Crippen LogP contribution < -0.4 is 10.1 Å². The lowest BCUT2D eigenvalue weighted by molar-refractivity contribution is -0.112. The molecule has 0 radical (unpaired) electrons. The fourth-order valence-corrected chi connectivity index (χ4v) is 2.72. The first kappa shape index (κ1) is 17.4. The monoisotopic (exact) mass is 361 g/mol. The fraction of sp³-hybridized carbons (Fsp3) is 0.0500. The summed E-state index contributed by atoms with van der Waals surface area (Å²) in [5, 5.41) is 14.1. The van der Waals surface area contributed by atoms with Crippen LogP contribution in [0.4, 0.5) is 5.13 Å². The number of anilines is 1. The number of hydrogen-bond donors (Lipinski definition) is 1. The predicted octanol–water partition coefficient (Wildman–Crippen LogP) is 4.27. The maximum Gasteiger partial charge on any atom is 0.268 e. The second-order valence-electron chi connectivity index (χ2n) is 5.31. The number of carbonyl (C=O) groups is 1. The van der Waals surface area contributed by atoms with Gasteiger partial charge in [0.1, 0.15) is 24.0 Å². The highest BCUT2D eigenvalue weighted by Gasteiger charge is 2.11. The van der Waals surface area contributed by atoms with Crippen LogP contribution in [-0.2, 0) is 11.4 Å². The Kier molecular flexibility index (Phi) is 5.76. The molecule has 0 unspecified atom stereocenters. The quantitative estimate of drug-likeness (QED) is 0.525. The van der Waals surface area contributed by atoms with Gasteiger partial charge in [0.25, 0.3) is 5.91 Å². The van der Waals surface area contributed by atoms with Crippen LogP contribution in [0.3, 0.4) is 0 Å². The lowest BCUT2D eigenvalue weighted by Gasteiger charge is -2.07. The van der Waals surface area contributed by atoms with Crippen molar-refractivity contribution in [3.8, 4) is 11.8 Å². The van der Waals surface area contributed by atoms with Gasteiger partial charge in [0.05, 0.1) is 0 Å². The molecule has 26 heavy (non-hydrogen) atoms. The standard InChI is InChI=1S/C20H15N3O2S/c21-13-17(19(24)23-20-22-9-10-26-20)11-16-7-4-8-18(12-16)25-14-15-5-2-1-3-6-15/h1-12H,14H2,(H,22,23,24). The Balaban J connectivity index is 1.70. The molecule has 0 saturated carbocycles. The van der Waals surface area contributed by atoms with Crippen LogP contribution in [0.1, 0.15) is 11.1 Å². The second-order valence-corrected chi connectivity index (χ2v) is 6.20. The van der Waals surface area contributed by atoms with E-state index in [-0.39, 0.29) is 5.57 Å². The molecule has 128 valence electrons. The number of aromatic nitrogens is 1. The van der Waals surface area contributed by atoms with Crippen molar-refractivity contribution in [1.29, 1.82) is 5.26 Å². The smallest absolute Gasteiger partial charge is 0.268 e. The molecule has 3 rings (SSSR count). The van der Waals surface area contributed by atoms with Crippen LogP contribution in [0.5, 0.6) is 5.75 Å². The first-order chi connectivity index (χ1) is 12.7. The summed E-state index contributed by atoms with van der Waals surface area (Å²) in [5.74, 6) is 0.179. The molecule has 0 spiro atoms. The first-order valence-corrected chi connectivity index (χ1v) is 8.72. The molecule has 0 fully saturated rings. The van der Waals surface area contributed by atoms with Gasteiger partial charge in [-0.2, -0.15) is 5.26 Å². The molecule has 0 bridgehead atoms. The summed E-state index contributed by atoms with van der Waals surface area (Å²) in [6.45, 7) is 0.448. The van der Waals surface area contributed by atoms with Crippen molar-refractivity contribution in [2.24, 2.45) is 0 Å². The molecule has 0 aliphatic heterocycles. The Morgan fingerprint density at radius 2 is 2.08 bits per heavy atom. The van der Waals surface area contributed by atoms with E-state index >= 15 is 0 Å². The lowest BCUT2D eigenvalue weighted by atomic mass is 10.1. The highest BCUT2D eigenvalue weighted by molar-refractivity contribution is 7.13. The van der Waals surface area contributed by atoms with Gasteiger partial charge in [0.15, 0.2) is 5.13 Å². The normalized spacial score (nSPS) is 10.8. The lowest BCUT2D eigenvalue weighted by Crippen LogP contribution is -2.13. The minimum absolute atomic E-state index is 0.000379. The highest BCUT2D eigenvalue weighted by Crippen LogP contribution is 2.18. The molecule has 0 atom stereocenters. The summed E-state index contributed by atoms with van der Waals surface area (Å²) in [6, 6.07) is 19.0. The number of hydrogen-bond acceptors (Lipinski definition) is 5. The first-order valence-electron chi connectivity index (χ1n) is 7.84. The number of nitrogens with zero attached hydrogens (tertiary/aromatic N) is 2. The van der Waals surface area contributed by atoms with Crippen molar-refractivity contribution in [3.05, 3.63) is 82.9 Å². The molecule has 1 heterocycles. The van der Waals surface area contributed by atoms with Crippen molar-refractivity contribution >= 4 is 28.5 Å². The molecular weight excluding hydrogens is 346 g/mol. The van der Waals surface area contributed by atoms with Crippen LogP contribution in [-0.4, -0.2) is 10.9 Å². The summed E-state index contributed by atoms with van der Waals surface area (Å²) in [7, 11) is 0. The van der Waals surface area contributed by atoms with E-state index < -0.39 is 5.91 Å². The summed E-state index contributed by atoms with van der Waals surface area (Å²) >= 11 is 1.29. The van der Waals surface area contributed by atoms with Crippen molar-refractivity contribution in [1.82, 2.24) is 4.98 Å². The van der Waals surface area contributed by atoms with Crippen LogP contribution in [0.2, 0.25) is 0 Å². The van der Waals surface area contributed by atoms with Gasteiger partial charge in [0.2, 0.25) is 0 Å². The average Bonchev–Trinajstić information content (AvgIpc) is 3.18. The van der Waals surface area contributed by atoms with Crippen LogP contribution >= 0.6 is 11.3 Å². The molecule has 0 saturated heterocycles. The van der Waals surface area contributed by atoms with Crippen LogP contribution in [0, 0.1) is 11.3 Å². The van der Waals surface area contributed by atoms with E-state index in [0.29, 0.717) is 23.1 Å². The van der Waals surface area contributed by atoms with Crippen molar-refractivity contribution in [2.75, 3.05) is 5.32 Å². The van der Waals surface area contributed by atoms with E-state index in [2.05, 4.69) is 10.3 Å². The van der Waals surface area contributed by atoms with Gasteiger partial charge in [-0.05, 0) is 29.3 Å². The highest BCUT2D eigenvalue weighted by atomic mass is 32.1. The zero-order valence-corrected chi connectivity index (χ0v) is 14.6. The van der Waals surface area contributed by atoms with E-state index in [1.54, 1.807) is 17.6 Å². The van der Waals surface area contributed by atoms with Gasteiger partial charge in [-0.15, -0.1) is 11.3 Å². The maximum absolute atomic E-state index is 12.2. The molecule has 2 aromatic carbocycles. The van der Waals surface area contributed by atoms with Gasteiger partial charge < -0.3 is 4.74 Å². The van der Waals surface area contributed by atoms with E-state index in [1.165, 1.54) is 17.4 Å². The minimum Gasteiger partial charge on any atom is -0.489 e. The maximum atomic E-state index is 12.2. The van der Waals surface area contributed by atoms with Crippen molar-refractivity contribution < 1.29 is 9.53 Å². The molecule has 5 nitrogen and oxygen atoms in total. The second kappa shape index (κ2) is 8.60. The van der Waals surface area contributed by atoms with Crippen molar-refractivity contribution in [3.63, 3.8) is 0 Å². The van der Waals surface area contributed by atoms with Crippen molar-refractivity contribution in [2.45, 2.75) is 6.61 Å². The number of rotatable bonds is 6. The molecule has 3 aromatic rings. The largest absolute Gasteiger partial charge is 0.489 e. The molecule has 0 aliphatic rings. The number of benzene rings is 2. The Bertz CT molecular complexity index is 945. The zero-order chi connectivity index (χ0) is 18.2. The minimum atomic E-state index is -0.488. The molecule has 1 N–H and O–H groups in total. The Morgan fingerprint density at radius 1 is 1.23 bits per heavy atom. The van der Waals surface area contributed by atoms with Crippen LogP contribution in [0.25, 0.3) is 6.08 Å². The number of amides is 1. The summed E-state index contributed by atoms with van der Waals surface area (Å²) < 4.78 is 5.77. The number of nitriles is 1. The average molecular weight is 361 g/mol. The molecule has 6 heteroatoms. The van der Waals surface area contributed by atoms with E-state index in [0.717, 1.165) is 5.56 Å². The predicted molar refractivity (Wildman–Crippen MR) is 102 cm³/mol. The van der Waals surface area contributed by atoms with E-state index in [4.69, 9.17) is 4.74 Å². The molecular formula is C20H15N3O2S. The Labute approximate surface area is 155 Å². The Morgan fingerprint density at radius 3 is 2.81 bits per heavy atom. The zero-order valence-electron chi connectivity index (χ0n) is 13.8. The third-order valence-corrected chi connectivity index (χ3v) is 4.12. The topological polar surface area (TPSA) is 75.0 Å². The Hall–Kier alpha value is -3.43. The molecule has 1 aromatic heterocycles. The summed E-state index contributed by atoms with van der Waals surface area (Å²) in [5.41, 5.74) is 1.77. The van der Waals surface area contributed by atoms with Gasteiger partial charge >= 0.3 is 0 Å².